The molecule has 0 aromatic rings. The number of hydrogen-bond donors (Lipinski definition) is 11. The average Bonchev–Trinajstić information content (AvgIpc) is 3.10. The molecule has 4 aliphatic rings. The van der Waals surface area contributed by atoms with Crippen molar-refractivity contribution in [3.63, 3.8) is 0 Å². The maximum atomic E-state index is 11.2. The van der Waals surface area contributed by atoms with E-state index in [9.17, 15) is 51.1 Å². The number of aliphatic hydroxyl groups is 10. The predicted molar refractivity (Wildman–Crippen MR) is 172 cm³/mol. The van der Waals surface area contributed by atoms with Gasteiger partial charge in [-0.2, -0.15) is 0 Å². The van der Waals surface area contributed by atoms with Crippen LogP contribution in [-0.2, 0) is 33.2 Å². The van der Waals surface area contributed by atoms with Gasteiger partial charge in [0.2, 0.25) is 0 Å². The van der Waals surface area contributed by atoms with Gasteiger partial charge in [0, 0.05) is 447 Å². The molecule has 20 atom stereocenters. The van der Waals surface area contributed by atoms with Gasteiger partial charge < -0.3 is 89.5 Å². The van der Waals surface area contributed by atoms with Gasteiger partial charge in [0.15, 0.2) is 25.2 Å². The third-order valence-corrected chi connectivity index (χ3v) is 11.0. The van der Waals surface area contributed by atoms with Crippen molar-refractivity contribution in [2.75, 3.05) is 25.5 Å². The van der Waals surface area contributed by atoms with Gasteiger partial charge in [-0.3, -0.25) is 0 Å². The second-order valence-electron chi connectivity index (χ2n) is 13.4. The van der Waals surface area contributed by atoms with E-state index in [1.807, 2.05) is 13.8 Å². The van der Waals surface area contributed by atoms with Crippen molar-refractivity contribution >= 4 is 11.8 Å². The molecule has 10 radical (unpaired) electrons. The standard InChI is InChI=1S/C31H57NO17S.10Ac/c1-5-7-8-32-16-25(47-29-23(41)20(38)18(36)13(4)43-29)24(15(11-34)45-31(16)50-9-6-2)46-30-26(21(39)19(37)14(10-33)44-30)48-28-12(3)17(35)22(40)27(42)49-28;;;;;;;;;;/h12-42H,5-11H2,1-4H3;;;;;;;;;;/t12?,13?,14?,15?,16-,17-,18+,19-,20?,21-,22+,23-,24-,25?,26+,27?,28+,29+,30-,31-;;;;;;;;;;/m0........../s1. The molecule has 0 aromatic heterocycles. The summed E-state index contributed by atoms with van der Waals surface area (Å²) < 4.78 is 42.2. The second kappa shape index (κ2) is 46.8. The van der Waals surface area contributed by atoms with Crippen molar-refractivity contribution in [1.82, 2.24) is 5.32 Å². The van der Waals surface area contributed by atoms with Crippen LogP contribution in [0.15, 0.2) is 0 Å². The molecule has 60 heavy (non-hydrogen) atoms. The van der Waals surface area contributed by atoms with Crippen LogP contribution >= 0.6 is 11.8 Å². The minimum absolute atomic E-state index is 0. The monoisotopic (exact) mass is 3020 g/mol. The quantitative estimate of drug-likeness (QED) is 0.0699. The minimum atomic E-state index is -1.85. The molecular formula is C31H57Ac10NO17S. The van der Waals surface area contributed by atoms with Crippen LogP contribution in [0.1, 0.15) is 47.0 Å². The predicted octanol–water partition coefficient (Wildman–Crippen LogP) is -3.94. The van der Waals surface area contributed by atoms with E-state index in [4.69, 9.17) is 33.2 Å². The fourth-order valence-electron chi connectivity index (χ4n) is 6.45. The molecule has 4 heterocycles. The Morgan fingerprint density at radius 3 is 1.60 bits per heavy atom. The SMILES string of the molecule is CCCCN[C@H]1C(O[C@H]2OC(C)[C@@H](O)C(O)[C@@H]2O)[C@@H](O[C@@H]2OC(CO)[C@H](O)[C@H](O)[C@H]2O[C@@H]2OC(O)[C@H](O)[C@@H](O)C2C)C(CO)O[C@H]1SCCC.[Ac].[Ac].[Ac].[Ac].[Ac].[Ac].[Ac].[Ac].[Ac].[Ac]. The molecule has 7 unspecified atom stereocenters. The molecule has 0 aromatic carbocycles. The van der Waals surface area contributed by atoms with E-state index in [1.165, 1.54) is 25.6 Å². The zero-order chi connectivity index (χ0) is 36.9. The van der Waals surface area contributed by atoms with Gasteiger partial charge in [0.25, 0.3) is 0 Å². The summed E-state index contributed by atoms with van der Waals surface area (Å²) in [5, 5.41) is 109. The summed E-state index contributed by atoms with van der Waals surface area (Å²) >= 11 is 1.46. The fourth-order valence-corrected chi connectivity index (χ4v) is 7.60. The molecule has 0 aliphatic carbocycles. The van der Waals surface area contributed by atoms with E-state index in [2.05, 4.69) is 5.32 Å². The normalized spacial score (nSPS) is 40.7. The van der Waals surface area contributed by atoms with Gasteiger partial charge in [-0.1, -0.05) is 27.2 Å². The summed E-state index contributed by atoms with van der Waals surface area (Å²) in [5.74, 6) is -0.279. The topological polar surface area (TPSA) is 279 Å². The van der Waals surface area contributed by atoms with Gasteiger partial charge in [-0.25, -0.2) is 0 Å². The van der Waals surface area contributed by atoms with Gasteiger partial charge in [0.05, 0.1) is 31.5 Å². The van der Waals surface area contributed by atoms with Crippen LogP contribution in [0.2, 0.25) is 0 Å². The van der Waals surface area contributed by atoms with Gasteiger partial charge >= 0.3 is 0 Å². The van der Waals surface area contributed by atoms with Gasteiger partial charge in [-0.15, -0.1) is 11.8 Å². The van der Waals surface area contributed by atoms with Crippen molar-refractivity contribution in [3.8, 4) is 0 Å². The molecule has 18 nitrogen and oxygen atoms in total. The Kier molecular flexibility index (Phi) is 68.5. The first-order chi connectivity index (χ1) is 23.8. The molecule has 0 amide bonds. The molecule has 4 saturated heterocycles. The summed E-state index contributed by atoms with van der Waals surface area (Å²) in [6.45, 7) is 6.13. The largest absolute Gasteiger partial charge is 0.394 e. The van der Waals surface area contributed by atoms with Crippen LogP contribution in [0, 0.1) is 447 Å². The van der Waals surface area contributed by atoms with E-state index in [1.54, 1.807) is 0 Å². The zero-order valence-electron chi connectivity index (χ0n) is 34.5. The molecule has 324 valence electrons. The molecular weight excluding hydrogens is 2960 g/mol. The molecule has 0 saturated carbocycles. The first kappa shape index (κ1) is 87.9. The first-order valence-corrected chi connectivity index (χ1v) is 18.4. The smallest absolute Gasteiger partial charge is 0.187 e. The van der Waals surface area contributed by atoms with Crippen LogP contribution in [0.25, 0.3) is 0 Å². The summed E-state index contributed by atoms with van der Waals surface area (Å²) in [7, 11) is 0. The Labute approximate surface area is 716 Å². The third kappa shape index (κ3) is 25.7. The van der Waals surface area contributed by atoms with E-state index in [-0.39, 0.29) is 441 Å². The van der Waals surface area contributed by atoms with Crippen LogP contribution in [0.3, 0.4) is 0 Å². The van der Waals surface area contributed by atoms with Crippen molar-refractivity contribution in [1.29, 1.82) is 0 Å². The molecule has 4 aliphatic heterocycles. The summed E-state index contributed by atoms with van der Waals surface area (Å²) in [6.07, 6.45) is -22.8. The Balaban J connectivity index is -0.000000562. The van der Waals surface area contributed by atoms with E-state index in [0.29, 0.717) is 12.3 Å². The summed E-state index contributed by atoms with van der Waals surface area (Å²) in [6, 6.07) is -0.693. The zero-order valence-corrected chi connectivity index (χ0v) is 82.8. The van der Waals surface area contributed by atoms with Crippen LogP contribution in [0.4, 0.5) is 0 Å². The molecule has 0 bridgehead atoms. The van der Waals surface area contributed by atoms with Crippen LogP contribution < -0.4 is 5.32 Å². The minimum Gasteiger partial charge on any atom is -0.394 e. The number of aliphatic hydroxyl groups excluding tert-OH is 10. The van der Waals surface area contributed by atoms with E-state index in [0.717, 1.165) is 19.3 Å². The molecule has 11 N–H and O–H groups in total. The average molecular weight is 3020 g/mol. The van der Waals surface area contributed by atoms with Crippen LogP contribution in [-0.4, -0.2) is 193 Å². The molecule has 29 heteroatoms. The maximum absolute atomic E-state index is 11.2. The molecule has 4 fully saturated rings. The van der Waals surface area contributed by atoms with Crippen molar-refractivity contribution in [2.45, 2.75) is 163 Å². The van der Waals surface area contributed by atoms with Crippen molar-refractivity contribution in [3.05, 3.63) is 0 Å². The second-order valence-corrected chi connectivity index (χ2v) is 14.6. The number of rotatable bonds is 15. The first-order valence-electron chi connectivity index (χ1n) is 17.4. The number of thioether (sulfide) groups is 1. The fraction of sp³-hybridized carbons (Fsp3) is 1.00. The Bertz CT molecular complexity index is 1050. The van der Waals surface area contributed by atoms with Gasteiger partial charge in [-0.05, 0) is 32.1 Å². The number of unbranched alkanes of at least 4 members (excludes halogenated alkanes) is 1. The Morgan fingerprint density at radius 1 is 0.517 bits per heavy atom. The molecule has 4 rings (SSSR count). The van der Waals surface area contributed by atoms with E-state index >= 15 is 0 Å². The van der Waals surface area contributed by atoms with Crippen LogP contribution in [0.5, 0.6) is 0 Å². The number of nitrogens with one attached hydrogen (secondary N) is 1. The Hall–Kier alpha value is 14.0. The third-order valence-electron chi connectivity index (χ3n) is 9.61. The number of hydrogen-bond acceptors (Lipinski definition) is 19. The van der Waals surface area contributed by atoms with Crippen molar-refractivity contribution in [2.24, 2.45) is 5.92 Å². The molecule has 0 spiro atoms. The van der Waals surface area contributed by atoms with Gasteiger partial charge in [0.1, 0.15) is 72.6 Å². The summed E-state index contributed by atoms with van der Waals surface area (Å²) in [5.41, 5.74) is -0.620. The van der Waals surface area contributed by atoms with E-state index < -0.39 is 135 Å². The number of ether oxygens (including phenoxy) is 7. The maximum Gasteiger partial charge on any atom is 0.187 e. The van der Waals surface area contributed by atoms with Crippen molar-refractivity contribution < 1.29 is 525 Å². The summed E-state index contributed by atoms with van der Waals surface area (Å²) in [4.78, 5) is 0. The Morgan fingerprint density at radius 2 is 1.07 bits per heavy atom.